The molecule has 0 aliphatic heterocycles. The number of aromatic nitrogens is 1. The van der Waals surface area contributed by atoms with Crippen molar-refractivity contribution in [2.24, 2.45) is 5.73 Å². The first-order valence-corrected chi connectivity index (χ1v) is 8.01. The molecular formula is C11H17N3O2S2. The van der Waals surface area contributed by atoms with Crippen LogP contribution >= 0.6 is 23.1 Å². The smallest absolute Gasteiger partial charge is 0.326 e. The Labute approximate surface area is 114 Å². The van der Waals surface area contributed by atoms with Gasteiger partial charge in [0.25, 0.3) is 0 Å². The van der Waals surface area contributed by atoms with Crippen LogP contribution in [-0.2, 0) is 4.79 Å². The van der Waals surface area contributed by atoms with Gasteiger partial charge in [-0.2, -0.15) is 11.8 Å². The quantitative estimate of drug-likeness (QED) is 0.767. The number of rotatable bonds is 5. The molecule has 0 radical (unpaired) electrons. The van der Waals surface area contributed by atoms with E-state index in [2.05, 4.69) is 16.6 Å². The Hall–Kier alpha value is -0.790. The molecule has 5 nitrogen and oxygen atoms in total. The Morgan fingerprint density at radius 1 is 1.72 bits per heavy atom. The average Bonchev–Trinajstić information content (AvgIpc) is 2.97. The highest BCUT2D eigenvalue weighted by Crippen LogP contribution is 2.31. The second kappa shape index (κ2) is 5.90. The fourth-order valence-electron chi connectivity index (χ4n) is 2.15. The van der Waals surface area contributed by atoms with E-state index in [1.54, 1.807) is 5.38 Å². The van der Waals surface area contributed by atoms with Crippen LogP contribution in [0.3, 0.4) is 0 Å². The Kier molecular flexibility index (Phi) is 4.47. The van der Waals surface area contributed by atoms with E-state index >= 15 is 0 Å². The molecule has 3 unspecified atom stereocenters. The molecule has 0 aromatic carbocycles. The minimum atomic E-state index is -1.05. The number of thiazole rings is 1. The fourth-order valence-corrected chi connectivity index (χ4v) is 3.90. The first kappa shape index (κ1) is 13.6. The number of carboxylic acids is 1. The van der Waals surface area contributed by atoms with E-state index in [0.717, 1.165) is 11.6 Å². The number of carbonyl (C=O) groups is 1. The van der Waals surface area contributed by atoms with Crippen LogP contribution in [0.4, 0.5) is 5.13 Å². The van der Waals surface area contributed by atoms with Gasteiger partial charge >= 0.3 is 5.97 Å². The summed E-state index contributed by atoms with van der Waals surface area (Å²) in [6, 6.07) is -0.600. The number of hydrogen-bond acceptors (Lipinski definition) is 6. The summed E-state index contributed by atoms with van der Waals surface area (Å²) in [7, 11) is 0. The lowest BCUT2D eigenvalue weighted by Gasteiger charge is -2.18. The standard InChI is InChI=1S/C11H17N3O2S2/c1-17-8-4-2-3-6(8)13-11-14-7(5-18-11)9(12)10(15)16/h5-6,8-9H,2-4,12H2,1H3,(H,13,14)(H,15,16). The number of carboxylic acid groups (broad SMARTS) is 1. The molecule has 4 N–H and O–H groups in total. The van der Waals surface area contributed by atoms with Crippen molar-refractivity contribution in [3.8, 4) is 0 Å². The third-order valence-electron chi connectivity index (χ3n) is 3.17. The van der Waals surface area contributed by atoms with Gasteiger partial charge in [0.05, 0.1) is 5.69 Å². The van der Waals surface area contributed by atoms with Gasteiger partial charge in [0.2, 0.25) is 0 Å². The summed E-state index contributed by atoms with van der Waals surface area (Å²) in [5.41, 5.74) is 5.95. The van der Waals surface area contributed by atoms with Gasteiger partial charge in [-0.05, 0) is 19.1 Å². The van der Waals surface area contributed by atoms with E-state index in [4.69, 9.17) is 10.8 Å². The molecule has 1 aromatic heterocycles. The zero-order valence-electron chi connectivity index (χ0n) is 10.1. The average molecular weight is 287 g/mol. The van der Waals surface area contributed by atoms with Gasteiger partial charge < -0.3 is 16.2 Å². The minimum Gasteiger partial charge on any atom is -0.480 e. The predicted octanol–water partition coefficient (Wildman–Crippen LogP) is 1.92. The van der Waals surface area contributed by atoms with Crippen LogP contribution in [0.1, 0.15) is 31.0 Å². The molecule has 2 rings (SSSR count). The van der Waals surface area contributed by atoms with Crippen molar-refractivity contribution in [2.75, 3.05) is 11.6 Å². The zero-order valence-corrected chi connectivity index (χ0v) is 11.8. The number of nitrogens with two attached hydrogens (primary N) is 1. The van der Waals surface area contributed by atoms with E-state index in [0.29, 0.717) is 17.0 Å². The van der Waals surface area contributed by atoms with Crippen molar-refractivity contribution in [2.45, 2.75) is 36.6 Å². The van der Waals surface area contributed by atoms with Crippen LogP contribution in [0.2, 0.25) is 0 Å². The summed E-state index contributed by atoms with van der Waals surface area (Å²) in [4.78, 5) is 15.0. The Morgan fingerprint density at radius 3 is 3.17 bits per heavy atom. The van der Waals surface area contributed by atoms with Crippen molar-refractivity contribution >= 4 is 34.2 Å². The second-order valence-electron chi connectivity index (χ2n) is 4.35. The molecular weight excluding hydrogens is 270 g/mol. The topological polar surface area (TPSA) is 88.2 Å². The molecule has 1 fully saturated rings. The van der Waals surface area contributed by atoms with Crippen LogP contribution < -0.4 is 11.1 Å². The molecule has 0 spiro atoms. The van der Waals surface area contributed by atoms with E-state index in [9.17, 15) is 4.79 Å². The fraction of sp³-hybridized carbons (Fsp3) is 0.636. The van der Waals surface area contributed by atoms with Crippen molar-refractivity contribution in [3.05, 3.63) is 11.1 Å². The maximum absolute atomic E-state index is 10.8. The molecule has 0 amide bonds. The lowest BCUT2D eigenvalue weighted by atomic mass is 10.2. The van der Waals surface area contributed by atoms with Gasteiger partial charge in [0.15, 0.2) is 5.13 Å². The van der Waals surface area contributed by atoms with Crippen molar-refractivity contribution < 1.29 is 9.90 Å². The SMILES string of the molecule is CSC1CCCC1Nc1nc(C(N)C(=O)O)cs1. The van der Waals surface area contributed by atoms with Crippen LogP contribution in [0.5, 0.6) is 0 Å². The molecule has 1 heterocycles. The molecule has 1 aliphatic carbocycles. The maximum atomic E-state index is 10.8. The van der Waals surface area contributed by atoms with Crippen LogP contribution in [-0.4, -0.2) is 33.6 Å². The number of nitrogens with zero attached hydrogens (tertiary/aromatic N) is 1. The third kappa shape index (κ3) is 2.96. The first-order valence-electron chi connectivity index (χ1n) is 5.85. The number of thioether (sulfide) groups is 1. The van der Waals surface area contributed by atoms with Crippen LogP contribution in [0.15, 0.2) is 5.38 Å². The van der Waals surface area contributed by atoms with E-state index < -0.39 is 12.0 Å². The summed E-state index contributed by atoms with van der Waals surface area (Å²) >= 11 is 3.29. The number of nitrogens with one attached hydrogen (secondary N) is 1. The number of hydrogen-bond donors (Lipinski definition) is 3. The third-order valence-corrected chi connectivity index (χ3v) is 5.13. The second-order valence-corrected chi connectivity index (χ2v) is 6.28. The molecule has 100 valence electrons. The highest BCUT2D eigenvalue weighted by atomic mass is 32.2. The summed E-state index contributed by atoms with van der Waals surface area (Å²) < 4.78 is 0. The van der Waals surface area contributed by atoms with Gasteiger partial charge in [-0.15, -0.1) is 11.3 Å². The molecule has 1 aliphatic rings. The largest absolute Gasteiger partial charge is 0.480 e. The van der Waals surface area contributed by atoms with Gasteiger partial charge in [0.1, 0.15) is 6.04 Å². The summed E-state index contributed by atoms with van der Waals surface area (Å²) in [5, 5.41) is 15.3. The Balaban J connectivity index is 2.00. The normalized spacial score (nSPS) is 25.0. The van der Waals surface area contributed by atoms with Gasteiger partial charge in [0, 0.05) is 16.7 Å². The van der Waals surface area contributed by atoms with Crippen molar-refractivity contribution in [1.29, 1.82) is 0 Å². The Morgan fingerprint density at radius 2 is 2.50 bits per heavy atom. The molecule has 3 atom stereocenters. The molecule has 0 bridgehead atoms. The Bertz CT molecular complexity index is 424. The van der Waals surface area contributed by atoms with Gasteiger partial charge in [-0.3, -0.25) is 4.79 Å². The maximum Gasteiger partial charge on any atom is 0.326 e. The predicted molar refractivity (Wildman–Crippen MR) is 75.2 cm³/mol. The highest BCUT2D eigenvalue weighted by Gasteiger charge is 2.27. The summed E-state index contributed by atoms with van der Waals surface area (Å²) in [6.45, 7) is 0. The van der Waals surface area contributed by atoms with Crippen LogP contribution in [0.25, 0.3) is 0 Å². The molecule has 1 aromatic rings. The van der Waals surface area contributed by atoms with E-state index in [-0.39, 0.29) is 0 Å². The highest BCUT2D eigenvalue weighted by molar-refractivity contribution is 7.99. The van der Waals surface area contributed by atoms with Crippen molar-refractivity contribution in [3.63, 3.8) is 0 Å². The molecule has 0 saturated heterocycles. The lowest BCUT2D eigenvalue weighted by Crippen LogP contribution is -2.26. The number of anilines is 1. The molecule has 1 saturated carbocycles. The monoisotopic (exact) mass is 287 g/mol. The molecule has 18 heavy (non-hydrogen) atoms. The van der Waals surface area contributed by atoms with Crippen LogP contribution in [0, 0.1) is 0 Å². The minimum absolute atomic E-state index is 0.425. The first-order chi connectivity index (χ1) is 8.61. The van der Waals surface area contributed by atoms with Crippen molar-refractivity contribution in [1.82, 2.24) is 4.98 Å². The number of aliphatic carboxylic acids is 1. The summed E-state index contributed by atoms with van der Waals surface area (Å²) in [5.74, 6) is -1.05. The van der Waals surface area contributed by atoms with Gasteiger partial charge in [-0.25, -0.2) is 4.98 Å². The lowest BCUT2D eigenvalue weighted by molar-refractivity contribution is -0.138. The zero-order chi connectivity index (χ0) is 13.1. The van der Waals surface area contributed by atoms with Gasteiger partial charge in [-0.1, -0.05) is 6.42 Å². The van der Waals surface area contributed by atoms with E-state index in [1.165, 1.54) is 24.2 Å². The van der Waals surface area contributed by atoms with E-state index in [1.807, 2.05) is 11.8 Å². The molecule has 7 heteroatoms. The summed E-state index contributed by atoms with van der Waals surface area (Å²) in [6.07, 6.45) is 5.73.